The van der Waals surface area contributed by atoms with Crippen LogP contribution in [0.4, 0.5) is 0 Å². The van der Waals surface area contributed by atoms with Gasteiger partial charge < -0.3 is 10.1 Å². The van der Waals surface area contributed by atoms with Gasteiger partial charge in [0.05, 0.1) is 11.0 Å². The molecule has 162 valence electrons. The van der Waals surface area contributed by atoms with Crippen molar-refractivity contribution in [1.29, 1.82) is 0 Å². The van der Waals surface area contributed by atoms with E-state index in [1.54, 1.807) is 36.4 Å². The van der Waals surface area contributed by atoms with Crippen molar-refractivity contribution < 1.29 is 17.9 Å². The molecule has 1 saturated carbocycles. The smallest absolute Gasteiger partial charge is 0.251 e. The number of carbonyl (C=O) groups is 1. The van der Waals surface area contributed by atoms with Crippen molar-refractivity contribution in [2.24, 2.45) is 0 Å². The molecule has 1 aliphatic rings. The predicted molar refractivity (Wildman–Crippen MR) is 117 cm³/mol. The summed E-state index contributed by atoms with van der Waals surface area (Å²) in [6, 6.07) is 13.8. The molecule has 0 unspecified atom stereocenters. The van der Waals surface area contributed by atoms with Crippen molar-refractivity contribution in [2.45, 2.75) is 57.1 Å². The fourth-order valence-corrected chi connectivity index (χ4v) is 5.12. The van der Waals surface area contributed by atoms with Crippen molar-refractivity contribution in [3.8, 4) is 5.75 Å². The molecule has 3 rings (SSSR count). The average molecular weight is 431 g/mol. The lowest BCUT2D eigenvalue weighted by atomic mass is 10.2. The molecule has 0 spiro atoms. The molecule has 0 radical (unpaired) electrons. The first-order valence-corrected chi connectivity index (χ1v) is 12.0. The minimum absolute atomic E-state index is 0.178. The largest absolute Gasteiger partial charge is 0.490 e. The van der Waals surface area contributed by atoms with E-state index in [4.69, 9.17) is 4.74 Å². The summed E-state index contributed by atoms with van der Waals surface area (Å²) >= 11 is 0. The van der Waals surface area contributed by atoms with Gasteiger partial charge >= 0.3 is 0 Å². The van der Waals surface area contributed by atoms with Crippen molar-refractivity contribution in [3.05, 3.63) is 59.7 Å². The number of rotatable bonds is 9. The fourth-order valence-electron chi connectivity index (χ4n) is 3.66. The minimum atomic E-state index is -3.47. The van der Waals surface area contributed by atoms with Gasteiger partial charge in [-0.05, 0) is 67.6 Å². The van der Waals surface area contributed by atoms with Crippen LogP contribution in [-0.4, -0.2) is 37.8 Å². The summed E-state index contributed by atoms with van der Waals surface area (Å²) in [6.07, 6.45) is 4.91. The molecule has 0 saturated heterocycles. The monoisotopic (exact) mass is 430 g/mol. The molecule has 0 aromatic heterocycles. The lowest BCUT2D eigenvalue weighted by molar-refractivity contribution is 0.0951. The summed E-state index contributed by atoms with van der Waals surface area (Å²) in [5, 5.41) is 2.87. The summed E-state index contributed by atoms with van der Waals surface area (Å²) in [5.74, 6) is 0.616. The zero-order valence-electron chi connectivity index (χ0n) is 17.6. The first-order chi connectivity index (χ1) is 14.4. The normalized spacial score (nSPS) is 14.8. The number of carbonyl (C=O) groups excluding carboxylic acids is 1. The van der Waals surface area contributed by atoms with Gasteiger partial charge in [0.1, 0.15) is 5.75 Å². The van der Waals surface area contributed by atoms with E-state index in [-0.39, 0.29) is 16.9 Å². The van der Waals surface area contributed by atoms with E-state index >= 15 is 0 Å². The lowest BCUT2D eigenvalue weighted by Gasteiger charge is -2.18. The molecule has 0 aliphatic heterocycles. The van der Waals surface area contributed by atoms with E-state index < -0.39 is 10.0 Å². The molecule has 6 nitrogen and oxygen atoms in total. The molecule has 0 atom stereocenters. The maximum absolute atomic E-state index is 12.5. The van der Waals surface area contributed by atoms with Gasteiger partial charge in [0.25, 0.3) is 5.91 Å². The fraction of sp³-hybridized carbons (Fsp3) is 0.435. The Hall–Kier alpha value is -2.38. The van der Waals surface area contributed by atoms with Crippen LogP contribution in [0.25, 0.3) is 0 Å². The van der Waals surface area contributed by atoms with Crippen molar-refractivity contribution in [2.75, 3.05) is 13.1 Å². The first-order valence-electron chi connectivity index (χ1n) is 10.6. The summed E-state index contributed by atoms with van der Waals surface area (Å²) in [5.41, 5.74) is 1.40. The number of hydrogen-bond donors (Lipinski definition) is 1. The molecular formula is C23H30N2O4S. The molecule has 7 heteroatoms. The van der Waals surface area contributed by atoms with Gasteiger partial charge in [-0.1, -0.05) is 26.0 Å². The number of amides is 1. The van der Waals surface area contributed by atoms with Gasteiger partial charge in [0.15, 0.2) is 0 Å². The van der Waals surface area contributed by atoms with Crippen LogP contribution in [0.2, 0.25) is 0 Å². The van der Waals surface area contributed by atoms with Crippen LogP contribution in [0, 0.1) is 0 Å². The zero-order chi connectivity index (χ0) is 21.6. The molecule has 0 bridgehead atoms. The van der Waals surface area contributed by atoms with Gasteiger partial charge in [-0.15, -0.1) is 0 Å². The zero-order valence-corrected chi connectivity index (χ0v) is 18.5. The Bertz CT molecular complexity index is 930. The number of benzene rings is 2. The second-order valence-electron chi connectivity index (χ2n) is 7.46. The molecule has 1 amide bonds. The van der Waals surface area contributed by atoms with E-state index in [0.29, 0.717) is 25.2 Å². The third-order valence-electron chi connectivity index (χ3n) is 5.44. The summed E-state index contributed by atoms with van der Waals surface area (Å²) in [6.45, 7) is 4.82. The third-order valence-corrected chi connectivity index (χ3v) is 7.51. The molecule has 1 fully saturated rings. The van der Waals surface area contributed by atoms with E-state index in [1.165, 1.54) is 17.1 Å². The second kappa shape index (κ2) is 10.1. The quantitative estimate of drug-likeness (QED) is 0.653. The summed E-state index contributed by atoms with van der Waals surface area (Å²) < 4.78 is 32.4. The maximum atomic E-state index is 12.5. The molecular weight excluding hydrogens is 400 g/mol. The van der Waals surface area contributed by atoms with Crippen LogP contribution in [-0.2, 0) is 16.6 Å². The first kappa shape index (κ1) is 22.3. The Morgan fingerprint density at radius 2 is 1.60 bits per heavy atom. The van der Waals surface area contributed by atoms with Gasteiger partial charge in [0.2, 0.25) is 10.0 Å². The van der Waals surface area contributed by atoms with Gasteiger partial charge in [-0.2, -0.15) is 4.31 Å². The molecule has 1 N–H and O–H groups in total. The Morgan fingerprint density at radius 3 is 2.17 bits per heavy atom. The highest BCUT2D eigenvalue weighted by Gasteiger charge is 2.21. The molecule has 30 heavy (non-hydrogen) atoms. The summed E-state index contributed by atoms with van der Waals surface area (Å²) in [7, 11) is -3.47. The number of ether oxygens (including phenoxy) is 1. The number of hydrogen-bond acceptors (Lipinski definition) is 4. The summed E-state index contributed by atoms with van der Waals surface area (Å²) in [4.78, 5) is 12.7. The number of nitrogens with one attached hydrogen (secondary N) is 1. The average Bonchev–Trinajstić information content (AvgIpc) is 3.26. The van der Waals surface area contributed by atoms with Crippen LogP contribution >= 0.6 is 0 Å². The minimum Gasteiger partial charge on any atom is -0.490 e. The highest BCUT2D eigenvalue weighted by atomic mass is 32.2. The van der Waals surface area contributed by atoms with Crippen molar-refractivity contribution >= 4 is 15.9 Å². The van der Waals surface area contributed by atoms with Crippen LogP contribution in [0.5, 0.6) is 5.75 Å². The van der Waals surface area contributed by atoms with E-state index in [0.717, 1.165) is 24.2 Å². The second-order valence-corrected chi connectivity index (χ2v) is 9.40. The Balaban J connectivity index is 1.55. The van der Waals surface area contributed by atoms with Crippen LogP contribution < -0.4 is 10.1 Å². The highest BCUT2D eigenvalue weighted by Crippen LogP contribution is 2.24. The Kier molecular flexibility index (Phi) is 7.50. The van der Waals surface area contributed by atoms with Gasteiger partial charge in [-0.3, -0.25) is 4.79 Å². The van der Waals surface area contributed by atoms with Gasteiger partial charge in [0, 0.05) is 25.2 Å². The van der Waals surface area contributed by atoms with E-state index in [9.17, 15) is 13.2 Å². The van der Waals surface area contributed by atoms with Crippen LogP contribution in [0.15, 0.2) is 53.4 Å². The van der Waals surface area contributed by atoms with Gasteiger partial charge in [-0.25, -0.2) is 8.42 Å². The van der Waals surface area contributed by atoms with Crippen molar-refractivity contribution in [1.82, 2.24) is 9.62 Å². The van der Waals surface area contributed by atoms with Crippen LogP contribution in [0.3, 0.4) is 0 Å². The number of sulfonamides is 1. The SMILES string of the molecule is CCN(CC)S(=O)(=O)c1ccc(CNC(=O)c2ccc(OC3CCCC3)cc2)cc1. The molecule has 2 aromatic carbocycles. The third kappa shape index (κ3) is 5.40. The standard InChI is InChI=1S/C23H30N2O4S/c1-3-25(4-2)30(27,28)22-15-9-18(10-16-22)17-24-23(26)19-11-13-21(14-12-19)29-20-7-5-6-8-20/h9-16,20H,3-8,17H2,1-2H3,(H,24,26). The molecule has 2 aromatic rings. The van der Waals surface area contributed by atoms with Crippen LogP contribution in [0.1, 0.15) is 55.5 Å². The van der Waals surface area contributed by atoms with E-state index in [1.807, 2.05) is 26.0 Å². The Labute approximate surface area is 179 Å². The highest BCUT2D eigenvalue weighted by molar-refractivity contribution is 7.89. The maximum Gasteiger partial charge on any atom is 0.251 e. The predicted octanol–water partition coefficient (Wildman–Crippen LogP) is 3.97. The lowest BCUT2D eigenvalue weighted by Crippen LogP contribution is -2.30. The molecule has 1 aliphatic carbocycles. The topological polar surface area (TPSA) is 75.7 Å². The molecule has 0 heterocycles. The Morgan fingerprint density at radius 1 is 1.00 bits per heavy atom. The van der Waals surface area contributed by atoms with Crippen molar-refractivity contribution in [3.63, 3.8) is 0 Å². The number of nitrogens with zero attached hydrogens (tertiary/aromatic N) is 1. The van der Waals surface area contributed by atoms with E-state index in [2.05, 4.69) is 5.32 Å².